The molecule has 1 heterocycles. The first-order valence-electron chi connectivity index (χ1n) is 6.20. The number of nitrogens with two attached hydrogens (primary N) is 1. The molecule has 0 radical (unpaired) electrons. The second-order valence-electron chi connectivity index (χ2n) is 4.52. The van der Waals surface area contributed by atoms with Gasteiger partial charge in [0.25, 0.3) is 0 Å². The molecule has 2 aromatic carbocycles. The van der Waals surface area contributed by atoms with E-state index < -0.39 is 0 Å². The highest BCUT2D eigenvalue weighted by molar-refractivity contribution is 5.77. The number of hydrogen-bond donors (Lipinski definition) is 1. The highest BCUT2D eigenvalue weighted by atomic mass is 16.5. The lowest BCUT2D eigenvalue weighted by Crippen LogP contribution is -1.93. The topological polar surface area (TPSA) is 62.3 Å². The van der Waals surface area contributed by atoms with Gasteiger partial charge < -0.3 is 19.8 Å². The number of anilines is 1. The third-order valence-corrected chi connectivity index (χ3v) is 3.11. The van der Waals surface area contributed by atoms with Gasteiger partial charge in [-0.15, -0.1) is 0 Å². The molecular weight excluding hydrogens is 254 g/mol. The number of rotatable bonds is 3. The Morgan fingerprint density at radius 3 is 2.75 bits per heavy atom. The molecule has 0 atom stereocenters. The lowest BCUT2D eigenvalue weighted by Gasteiger charge is -2.10. The van der Waals surface area contributed by atoms with Crippen LogP contribution < -0.4 is 15.2 Å². The molecule has 20 heavy (non-hydrogen) atoms. The van der Waals surface area contributed by atoms with E-state index in [4.69, 9.17) is 15.2 Å². The molecule has 0 saturated heterocycles. The lowest BCUT2D eigenvalue weighted by molar-refractivity contribution is 0.379. The Morgan fingerprint density at radius 1 is 1.10 bits per heavy atom. The fourth-order valence-corrected chi connectivity index (χ4v) is 2.07. The summed E-state index contributed by atoms with van der Waals surface area (Å²) in [4.78, 5) is 4.31. The van der Waals surface area contributed by atoms with E-state index in [0.717, 1.165) is 11.0 Å². The van der Waals surface area contributed by atoms with E-state index in [-0.39, 0.29) is 0 Å². The maximum absolute atomic E-state index is 5.84. The first-order chi connectivity index (χ1) is 9.67. The first-order valence-corrected chi connectivity index (χ1v) is 6.20. The molecular formula is C15H15N3O2. The molecule has 0 aliphatic rings. The zero-order valence-corrected chi connectivity index (χ0v) is 11.3. The number of hydrogen-bond acceptors (Lipinski definition) is 4. The second kappa shape index (κ2) is 4.77. The summed E-state index contributed by atoms with van der Waals surface area (Å²) in [5, 5.41) is 0. The summed E-state index contributed by atoms with van der Waals surface area (Å²) in [7, 11) is 3.54. The molecule has 0 spiro atoms. The zero-order chi connectivity index (χ0) is 14.1. The van der Waals surface area contributed by atoms with Gasteiger partial charge in [-0.05, 0) is 24.3 Å². The smallest absolute Gasteiger partial charge is 0.169 e. The Morgan fingerprint density at radius 2 is 1.95 bits per heavy atom. The van der Waals surface area contributed by atoms with Crippen LogP contribution in [0.3, 0.4) is 0 Å². The predicted molar refractivity (Wildman–Crippen MR) is 78.2 cm³/mol. The number of aromatic nitrogens is 2. The van der Waals surface area contributed by atoms with Crippen molar-refractivity contribution in [1.29, 1.82) is 0 Å². The van der Waals surface area contributed by atoms with Gasteiger partial charge in [0.1, 0.15) is 5.75 Å². The van der Waals surface area contributed by atoms with Crippen molar-refractivity contribution >= 4 is 16.7 Å². The molecule has 0 saturated carbocycles. The molecule has 5 heteroatoms. The Kier molecular flexibility index (Phi) is 2.95. The SMILES string of the molecule is COc1cc(N)ccc1Oc1ccc2c(c1)ncn2C. The van der Waals surface area contributed by atoms with E-state index >= 15 is 0 Å². The quantitative estimate of drug-likeness (QED) is 0.742. The van der Waals surface area contributed by atoms with E-state index in [1.807, 2.05) is 29.8 Å². The van der Waals surface area contributed by atoms with Crippen LogP contribution in [0, 0.1) is 0 Å². The fourth-order valence-electron chi connectivity index (χ4n) is 2.07. The van der Waals surface area contributed by atoms with Crippen molar-refractivity contribution < 1.29 is 9.47 Å². The van der Waals surface area contributed by atoms with E-state index in [1.54, 1.807) is 31.6 Å². The maximum Gasteiger partial charge on any atom is 0.169 e. The van der Waals surface area contributed by atoms with Gasteiger partial charge in [-0.1, -0.05) is 0 Å². The molecule has 0 amide bonds. The van der Waals surface area contributed by atoms with Crippen LogP contribution in [0.5, 0.6) is 17.2 Å². The van der Waals surface area contributed by atoms with Crippen LogP contribution in [0.1, 0.15) is 0 Å². The van der Waals surface area contributed by atoms with Gasteiger partial charge in [-0.3, -0.25) is 0 Å². The standard InChI is InChI=1S/C15H15N3O2/c1-18-9-17-12-8-11(4-5-13(12)18)20-14-6-3-10(16)7-15(14)19-2/h3-9H,16H2,1-2H3. The minimum atomic E-state index is 0.603. The number of benzene rings is 2. The van der Waals surface area contributed by atoms with Gasteiger partial charge in [-0.25, -0.2) is 4.98 Å². The number of aryl methyl sites for hydroxylation is 1. The summed E-state index contributed by atoms with van der Waals surface area (Å²) in [5.41, 5.74) is 8.30. The molecule has 3 rings (SSSR count). The van der Waals surface area contributed by atoms with Crippen LogP contribution in [0.2, 0.25) is 0 Å². The minimum Gasteiger partial charge on any atom is -0.493 e. The van der Waals surface area contributed by atoms with Gasteiger partial charge in [0, 0.05) is 24.9 Å². The van der Waals surface area contributed by atoms with Gasteiger partial charge in [0.2, 0.25) is 0 Å². The Balaban J connectivity index is 1.96. The van der Waals surface area contributed by atoms with Crippen LogP contribution in [0.15, 0.2) is 42.7 Å². The van der Waals surface area contributed by atoms with E-state index in [2.05, 4.69) is 4.98 Å². The normalized spacial score (nSPS) is 10.7. The van der Waals surface area contributed by atoms with E-state index in [9.17, 15) is 0 Å². The summed E-state index contributed by atoms with van der Waals surface area (Å²) < 4.78 is 13.1. The third kappa shape index (κ3) is 2.14. The molecule has 0 unspecified atom stereocenters. The van der Waals surface area contributed by atoms with E-state index in [0.29, 0.717) is 22.9 Å². The summed E-state index contributed by atoms with van der Waals surface area (Å²) in [6.07, 6.45) is 1.78. The molecule has 0 aliphatic heterocycles. The largest absolute Gasteiger partial charge is 0.493 e. The second-order valence-corrected chi connectivity index (χ2v) is 4.52. The van der Waals surface area contributed by atoms with Crippen molar-refractivity contribution in [1.82, 2.24) is 9.55 Å². The number of nitrogens with zero attached hydrogens (tertiary/aromatic N) is 2. The van der Waals surface area contributed by atoms with Crippen LogP contribution in [-0.2, 0) is 7.05 Å². The number of ether oxygens (including phenoxy) is 2. The summed E-state index contributed by atoms with van der Waals surface area (Å²) in [6.45, 7) is 0. The number of fused-ring (bicyclic) bond motifs is 1. The minimum absolute atomic E-state index is 0.603. The van der Waals surface area contributed by atoms with Crippen LogP contribution in [0.4, 0.5) is 5.69 Å². The first kappa shape index (κ1) is 12.3. The van der Waals surface area contributed by atoms with Gasteiger partial charge in [0.15, 0.2) is 11.5 Å². The highest BCUT2D eigenvalue weighted by Crippen LogP contribution is 2.33. The van der Waals surface area contributed by atoms with Crippen molar-refractivity contribution in [3.05, 3.63) is 42.7 Å². The molecule has 0 fully saturated rings. The van der Waals surface area contributed by atoms with Crippen molar-refractivity contribution in [2.45, 2.75) is 0 Å². The van der Waals surface area contributed by atoms with Crippen molar-refractivity contribution in [2.24, 2.45) is 7.05 Å². The summed E-state index contributed by atoms with van der Waals surface area (Å²) in [6, 6.07) is 11.1. The number of methoxy groups -OCH3 is 1. The third-order valence-electron chi connectivity index (χ3n) is 3.11. The monoisotopic (exact) mass is 269 g/mol. The van der Waals surface area contributed by atoms with Gasteiger partial charge >= 0.3 is 0 Å². The molecule has 3 aromatic rings. The fraction of sp³-hybridized carbons (Fsp3) is 0.133. The maximum atomic E-state index is 5.84. The van der Waals surface area contributed by atoms with Gasteiger partial charge in [-0.2, -0.15) is 0 Å². The molecule has 0 aliphatic carbocycles. The molecule has 5 nitrogen and oxygen atoms in total. The van der Waals surface area contributed by atoms with Crippen molar-refractivity contribution in [2.75, 3.05) is 12.8 Å². The van der Waals surface area contributed by atoms with Crippen molar-refractivity contribution in [3.63, 3.8) is 0 Å². The summed E-state index contributed by atoms with van der Waals surface area (Å²) in [5.74, 6) is 1.93. The van der Waals surface area contributed by atoms with Crippen LogP contribution >= 0.6 is 0 Å². The van der Waals surface area contributed by atoms with E-state index in [1.165, 1.54) is 0 Å². The van der Waals surface area contributed by atoms with Crippen molar-refractivity contribution in [3.8, 4) is 17.2 Å². The highest BCUT2D eigenvalue weighted by Gasteiger charge is 2.07. The Bertz CT molecular complexity index is 765. The van der Waals surface area contributed by atoms with Crippen LogP contribution in [0.25, 0.3) is 11.0 Å². The molecule has 1 aromatic heterocycles. The molecule has 2 N–H and O–H groups in total. The molecule has 102 valence electrons. The van der Waals surface area contributed by atoms with Gasteiger partial charge in [0.05, 0.1) is 24.5 Å². The van der Waals surface area contributed by atoms with Crippen LogP contribution in [-0.4, -0.2) is 16.7 Å². The lowest BCUT2D eigenvalue weighted by atomic mass is 10.2. The Labute approximate surface area is 116 Å². The number of nitrogen functional groups attached to an aromatic ring is 1. The average molecular weight is 269 g/mol. The zero-order valence-electron chi connectivity index (χ0n) is 11.3. The summed E-state index contributed by atoms with van der Waals surface area (Å²) >= 11 is 0. The molecule has 0 bridgehead atoms. The average Bonchev–Trinajstić information content (AvgIpc) is 2.82. The Hall–Kier alpha value is -2.69. The predicted octanol–water partition coefficient (Wildman–Crippen LogP) is 2.96. The number of imidazole rings is 1.